The van der Waals surface area contributed by atoms with E-state index in [4.69, 9.17) is 9.47 Å². The Labute approximate surface area is 165 Å². The Bertz CT molecular complexity index is 1040. The zero-order chi connectivity index (χ0) is 20.4. The summed E-state index contributed by atoms with van der Waals surface area (Å²) in [5.74, 6) is 0.923. The van der Waals surface area contributed by atoms with Gasteiger partial charge in [-0.05, 0) is 12.1 Å². The number of nitrogens with one attached hydrogen (secondary N) is 2. The second-order valence-electron chi connectivity index (χ2n) is 6.30. The summed E-state index contributed by atoms with van der Waals surface area (Å²) >= 11 is 0. The number of benzene rings is 1. The average molecular weight is 394 g/mol. The van der Waals surface area contributed by atoms with Crippen molar-refractivity contribution in [1.29, 1.82) is 0 Å². The number of carbonyl (C=O) groups excluding carboxylic acids is 2. The van der Waals surface area contributed by atoms with Gasteiger partial charge in [0.15, 0.2) is 5.82 Å². The van der Waals surface area contributed by atoms with Gasteiger partial charge in [0.1, 0.15) is 17.5 Å². The predicted molar refractivity (Wildman–Crippen MR) is 104 cm³/mol. The van der Waals surface area contributed by atoms with Gasteiger partial charge < -0.3 is 14.8 Å². The van der Waals surface area contributed by atoms with Crippen LogP contribution in [0.4, 0.5) is 11.6 Å². The van der Waals surface area contributed by atoms with Crippen LogP contribution in [0.1, 0.15) is 12.5 Å². The second-order valence-corrected chi connectivity index (χ2v) is 6.30. The molecule has 2 N–H and O–H groups in total. The summed E-state index contributed by atoms with van der Waals surface area (Å²) in [6, 6.07) is 7.72. The van der Waals surface area contributed by atoms with Crippen molar-refractivity contribution in [3.8, 4) is 22.9 Å². The molecule has 4 rings (SSSR count). The van der Waals surface area contributed by atoms with Gasteiger partial charge in [0.25, 0.3) is 0 Å². The summed E-state index contributed by atoms with van der Waals surface area (Å²) in [5, 5.41) is 9.84. The number of aromatic nitrogens is 4. The van der Waals surface area contributed by atoms with Crippen molar-refractivity contribution in [2.45, 2.75) is 12.5 Å². The van der Waals surface area contributed by atoms with Crippen molar-refractivity contribution in [1.82, 2.24) is 19.7 Å². The molecule has 0 saturated carbocycles. The van der Waals surface area contributed by atoms with Gasteiger partial charge in [0.2, 0.25) is 17.8 Å². The minimum Gasteiger partial charge on any atom is -0.497 e. The Morgan fingerprint density at radius 3 is 2.66 bits per heavy atom. The Morgan fingerprint density at radius 1 is 1.24 bits per heavy atom. The average Bonchev–Trinajstić information content (AvgIpc) is 3.17. The van der Waals surface area contributed by atoms with Crippen LogP contribution in [0.15, 0.2) is 42.7 Å². The maximum Gasteiger partial charge on any atom is 0.249 e. The number of anilines is 2. The molecule has 0 bridgehead atoms. The fraction of sp³-hybridized carbons (Fsp3) is 0.211. The van der Waals surface area contributed by atoms with Crippen molar-refractivity contribution in [3.63, 3.8) is 0 Å². The van der Waals surface area contributed by atoms with Gasteiger partial charge in [0.05, 0.1) is 20.6 Å². The molecule has 1 aromatic carbocycles. The highest BCUT2D eigenvalue weighted by Gasteiger charge is 2.33. The number of hydrogen-bond acceptors (Lipinski definition) is 7. The van der Waals surface area contributed by atoms with E-state index in [1.54, 1.807) is 42.7 Å². The van der Waals surface area contributed by atoms with E-state index < -0.39 is 11.9 Å². The summed E-state index contributed by atoms with van der Waals surface area (Å²) in [4.78, 5) is 33.4. The van der Waals surface area contributed by atoms with Gasteiger partial charge in [-0.15, -0.1) is 5.10 Å². The number of hydrogen-bond donors (Lipinski definition) is 2. The van der Waals surface area contributed by atoms with E-state index in [-0.39, 0.29) is 18.3 Å². The van der Waals surface area contributed by atoms with E-state index >= 15 is 0 Å². The number of pyridine rings is 1. The number of amides is 2. The highest BCUT2D eigenvalue weighted by atomic mass is 16.5. The van der Waals surface area contributed by atoms with Crippen LogP contribution >= 0.6 is 0 Å². The van der Waals surface area contributed by atoms with Crippen molar-refractivity contribution in [2.24, 2.45) is 0 Å². The van der Waals surface area contributed by atoms with Crippen LogP contribution in [0.5, 0.6) is 11.5 Å². The van der Waals surface area contributed by atoms with Crippen molar-refractivity contribution < 1.29 is 19.1 Å². The molecule has 1 aliphatic rings. The minimum absolute atomic E-state index is 0.0597. The largest absolute Gasteiger partial charge is 0.497 e. The number of methoxy groups -OCH3 is 2. The lowest BCUT2D eigenvalue weighted by molar-refractivity contribution is -0.125. The highest BCUT2D eigenvalue weighted by Crippen LogP contribution is 2.29. The summed E-state index contributed by atoms with van der Waals surface area (Å²) in [7, 11) is 3.04. The standard InChI is InChI=1S/C19H18N6O4/c1-28-13-6-12(7-14(8-13)29-2)21-18(27)15-9-16(26)22-19-23-17(24-25(15)19)11-4-3-5-20-10-11/h3-8,10,15H,9H2,1-2H3,(H,21,27)(H,22,23,24,26)/t15-/m1/s1. The first-order chi connectivity index (χ1) is 14.1. The number of carbonyl (C=O) groups is 2. The maximum absolute atomic E-state index is 12.9. The molecule has 10 nitrogen and oxygen atoms in total. The summed E-state index contributed by atoms with van der Waals surface area (Å²) in [5.41, 5.74) is 1.16. The van der Waals surface area contributed by atoms with Gasteiger partial charge in [-0.2, -0.15) is 4.98 Å². The fourth-order valence-corrected chi connectivity index (χ4v) is 2.99. The molecular formula is C19H18N6O4. The van der Waals surface area contributed by atoms with Crippen molar-refractivity contribution in [2.75, 3.05) is 24.9 Å². The SMILES string of the molecule is COc1cc(NC(=O)[C@H]2CC(=O)Nc3nc(-c4cccnc4)nn32)cc(OC)c1. The lowest BCUT2D eigenvalue weighted by atomic mass is 10.1. The minimum atomic E-state index is -0.853. The third-order valence-corrected chi connectivity index (χ3v) is 4.40. The maximum atomic E-state index is 12.9. The first-order valence-corrected chi connectivity index (χ1v) is 8.78. The highest BCUT2D eigenvalue weighted by molar-refractivity contribution is 6.01. The fourth-order valence-electron chi connectivity index (χ4n) is 2.99. The molecule has 0 radical (unpaired) electrons. The van der Waals surface area contributed by atoms with Crippen LogP contribution in [-0.2, 0) is 9.59 Å². The second kappa shape index (κ2) is 7.58. The molecular weight excluding hydrogens is 376 g/mol. The van der Waals surface area contributed by atoms with Crippen LogP contribution in [-0.4, -0.2) is 45.8 Å². The van der Waals surface area contributed by atoms with Gasteiger partial charge in [-0.1, -0.05) is 0 Å². The van der Waals surface area contributed by atoms with E-state index in [0.29, 0.717) is 28.6 Å². The van der Waals surface area contributed by atoms with E-state index in [1.165, 1.54) is 18.9 Å². The van der Waals surface area contributed by atoms with E-state index in [1.807, 2.05) is 0 Å². The smallest absolute Gasteiger partial charge is 0.249 e. The first-order valence-electron chi connectivity index (χ1n) is 8.78. The Kier molecular flexibility index (Phi) is 4.82. The number of ether oxygens (including phenoxy) is 2. The van der Waals surface area contributed by atoms with Gasteiger partial charge in [-0.3, -0.25) is 19.9 Å². The first kappa shape index (κ1) is 18.4. The van der Waals surface area contributed by atoms with E-state index in [0.717, 1.165) is 0 Å². The molecule has 1 aliphatic heterocycles. The lowest BCUT2D eigenvalue weighted by Gasteiger charge is -2.22. The third-order valence-electron chi connectivity index (χ3n) is 4.40. The van der Waals surface area contributed by atoms with Crippen molar-refractivity contribution in [3.05, 3.63) is 42.7 Å². The number of rotatable bonds is 5. The molecule has 3 heterocycles. The van der Waals surface area contributed by atoms with Gasteiger partial charge >= 0.3 is 0 Å². The molecule has 2 aromatic heterocycles. The van der Waals surface area contributed by atoms with Crippen LogP contribution < -0.4 is 20.1 Å². The normalized spacial score (nSPS) is 15.2. The molecule has 148 valence electrons. The molecule has 0 unspecified atom stereocenters. The van der Waals surface area contributed by atoms with Crippen molar-refractivity contribution >= 4 is 23.5 Å². The molecule has 0 aliphatic carbocycles. The summed E-state index contributed by atoms with van der Waals surface area (Å²) in [6.45, 7) is 0. The predicted octanol–water partition coefficient (Wildman–Crippen LogP) is 1.88. The topological polar surface area (TPSA) is 120 Å². The Morgan fingerprint density at radius 2 is 2.00 bits per heavy atom. The Hall–Kier alpha value is -3.95. The zero-order valence-electron chi connectivity index (χ0n) is 15.7. The summed E-state index contributed by atoms with van der Waals surface area (Å²) < 4.78 is 11.9. The van der Waals surface area contributed by atoms with E-state index in [9.17, 15) is 9.59 Å². The summed E-state index contributed by atoms with van der Waals surface area (Å²) in [6.07, 6.45) is 3.19. The molecule has 2 amide bonds. The Balaban J connectivity index is 1.63. The van der Waals surface area contributed by atoms with Crippen LogP contribution in [0.2, 0.25) is 0 Å². The molecule has 3 aromatic rings. The van der Waals surface area contributed by atoms with Gasteiger partial charge in [-0.25, -0.2) is 4.68 Å². The molecule has 10 heteroatoms. The number of nitrogens with zero attached hydrogens (tertiary/aromatic N) is 4. The van der Waals surface area contributed by atoms with Crippen LogP contribution in [0, 0.1) is 0 Å². The molecule has 29 heavy (non-hydrogen) atoms. The molecule has 0 spiro atoms. The van der Waals surface area contributed by atoms with Crippen LogP contribution in [0.25, 0.3) is 11.4 Å². The zero-order valence-corrected chi connectivity index (χ0v) is 15.7. The number of fused-ring (bicyclic) bond motifs is 1. The molecule has 0 saturated heterocycles. The lowest BCUT2D eigenvalue weighted by Crippen LogP contribution is -2.36. The molecule has 0 fully saturated rings. The van der Waals surface area contributed by atoms with Gasteiger partial charge in [0, 0.05) is 41.8 Å². The van der Waals surface area contributed by atoms with Crippen LogP contribution in [0.3, 0.4) is 0 Å². The monoisotopic (exact) mass is 394 g/mol. The van der Waals surface area contributed by atoms with E-state index in [2.05, 4.69) is 25.7 Å². The molecule has 1 atom stereocenters. The third kappa shape index (κ3) is 3.72. The quantitative estimate of drug-likeness (QED) is 0.678.